The third-order valence-electron chi connectivity index (χ3n) is 2.35. The van der Waals surface area contributed by atoms with Gasteiger partial charge in [-0.25, -0.2) is 4.98 Å². The molecule has 3 amide bonds. The van der Waals surface area contributed by atoms with Crippen molar-refractivity contribution in [1.82, 2.24) is 15.2 Å². The van der Waals surface area contributed by atoms with E-state index in [1.807, 2.05) is 0 Å². The van der Waals surface area contributed by atoms with Crippen molar-refractivity contribution in [3.63, 3.8) is 0 Å². The van der Waals surface area contributed by atoms with E-state index < -0.39 is 17.7 Å². The lowest BCUT2D eigenvalue weighted by Gasteiger charge is -2.25. The van der Waals surface area contributed by atoms with Crippen LogP contribution in [0.2, 0.25) is 0 Å². The van der Waals surface area contributed by atoms with E-state index in [9.17, 15) is 14.4 Å². The van der Waals surface area contributed by atoms with Gasteiger partial charge in [-0.15, -0.1) is 0 Å². The minimum absolute atomic E-state index is 0.0571. The molecule has 0 aliphatic carbocycles. The molecule has 2 rings (SSSR count). The maximum absolute atomic E-state index is 12.1. The number of nitrogen functional groups attached to an aromatic ring is 1. The van der Waals surface area contributed by atoms with Crippen molar-refractivity contribution in [2.45, 2.75) is 0 Å². The van der Waals surface area contributed by atoms with Crippen molar-refractivity contribution in [3.05, 3.63) is 22.3 Å². The molecule has 2 heterocycles. The molecule has 3 N–H and O–H groups in total. The quantitative estimate of drug-likeness (QED) is 0.682. The molecular weight excluding hydrogens is 304 g/mol. The number of aromatic nitrogens is 1. The fraction of sp³-hybridized carbons (Fsp3) is 0.200. The van der Waals surface area contributed by atoms with Crippen LogP contribution < -0.4 is 11.1 Å². The average molecular weight is 313 g/mol. The molecule has 0 spiro atoms. The molecule has 0 bridgehead atoms. The topological polar surface area (TPSA) is 105 Å². The molecule has 1 aliphatic heterocycles. The average Bonchev–Trinajstić information content (AvgIpc) is 2.30. The lowest BCUT2D eigenvalue weighted by atomic mass is 10.2. The number of carbonyl (C=O) groups excluding carboxylic acids is 3. The van der Waals surface area contributed by atoms with Crippen molar-refractivity contribution in [3.8, 4) is 0 Å². The fourth-order valence-electron chi connectivity index (χ4n) is 1.57. The van der Waals surface area contributed by atoms with E-state index in [0.717, 1.165) is 4.90 Å². The van der Waals surface area contributed by atoms with Crippen molar-refractivity contribution in [2.24, 2.45) is 0 Å². The van der Waals surface area contributed by atoms with Crippen LogP contribution >= 0.6 is 15.9 Å². The van der Waals surface area contributed by atoms with E-state index in [1.165, 1.54) is 12.3 Å². The van der Waals surface area contributed by atoms with Crippen LogP contribution in [0.15, 0.2) is 16.7 Å². The first kappa shape index (κ1) is 12.5. The van der Waals surface area contributed by atoms with Crippen LogP contribution in [0.3, 0.4) is 0 Å². The highest BCUT2D eigenvalue weighted by Gasteiger charge is 2.28. The predicted molar refractivity (Wildman–Crippen MR) is 65.4 cm³/mol. The normalized spacial score (nSPS) is 15.5. The molecule has 1 aromatic heterocycles. The van der Waals surface area contributed by atoms with Gasteiger partial charge in [0.25, 0.3) is 5.91 Å². The number of hydrogen-bond acceptors (Lipinski definition) is 5. The number of anilines is 1. The molecule has 94 valence electrons. The summed E-state index contributed by atoms with van der Waals surface area (Å²) in [5.74, 6) is -1.46. The molecule has 0 aromatic carbocycles. The Labute approximate surface area is 110 Å². The Morgan fingerprint density at radius 2 is 2.00 bits per heavy atom. The summed E-state index contributed by atoms with van der Waals surface area (Å²) in [5.41, 5.74) is 5.76. The summed E-state index contributed by atoms with van der Waals surface area (Å²) in [6.07, 6.45) is 1.46. The molecule has 1 saturated heterocycles. The number of piperazine rings is 1. The Kier molecular flexibility index (Phi) is 3.28. The summed E-state index contributed by atoms with van der Waals surface area (Å²) in [4.78, 5) is 39.5. The minimum atomic E-state index is -0.513. The summed E-state index contributed by atoms with van der Waals surface area (Å²) < 4.78 is 0.591. The molecule has 0 saturated carbocycles. The van der Waals surface area contributed by atoms with Gasteiger partial charge in [0.1, 0.15) is 18.9 Å². The van der Waals surface area contributed by atoms with Gasteiger partial charge in [-0.05, 0) is 22.0 Å². The summed E-state index contributed by atoms with van der Waals surface area (Å²) in [6.45, 7) is -0.340. The van der Waals surface area contributed by atoms with Gasteiger partial charge in [-0.3, -0.25) is 19.7 Å². The Morgan fingerprint density at radius 3 is 2.61 bits per heavy atom. The summed E-state index contributed by atoms with van der Waals surface area (Å²) in [7, 11) is 0. The minimum Gasteiger partial charge on any atom is -0.383 e. The third kappa shape index (κ3) is 2.48. The SMILES string of the molecule is Nc1ncc(Br)cc1C(=O)N1CC(=O)NC(=O)C1. The number of pyridine rings is 1. The number of amides is 3. The van der Waals surface area contributed by atoms with Gasteiger partial charge in [-0.2, -0.15) is 0 Å². The van der Waals surface area contributed by atoms with Crippen LogP contribution in [0.4, 0.5) is 5.82 Å². The smallest absolute Gasteiger partial charge is 0.258 e. The first-order chi connectivity index (χ1) is 8.47. The van der Waals surface area contributed by atoms with Crippen molar-refractivity contribution >= 4 is 39.5 Å². The van der Waals surface area contributed by atoms with Crippen LogP contribution in [0.1, 0.15) is 10.4 Å². The summed E-state index contributed by atoms with van der Waals surface area (Å²) in [6, 6.07) is 1.50. The summed E-state index contributed by atoms with van der Waals surface area (Å²) in [5, 5.41) is 2.11. The van der Waals surface area contributed by atoms with Crippen molar-refractivity contribution in [1.29, 1.82) is 0 Å². The zero-order valence-corrected chi connectivity index (χ0v) is 10.7. The van der Waals surface area contributed by atoms with Gasteiger partial charge >= 0.3 is 0 Å². The lowest BCUT2D eigenvalue weighted by molar-refractivity contribution is -0.135. The Morgan fingerprint density at radius 1 is 1.39 bits per heavy atom. The Bertz CT molecular complexity index is 530. The van der Waals surface area contributed by atoms with Gasteiger partial charge in [0, 0.05) is 10.7 Å². The molecular formula is C10H9BrN4O3. The number of hydrogen-bond donors (Lipinski definition) is 2. The molecule has 1 fully saturated rings. The van der Waals surface area contributed by atoms with Crippen LogP contribution in [0.5, 0.6) is 0 Å². The van der Waals surface area contributed by atoms with E-state index in [0.29, 0.717) is 4.47 Å². The van der Waals surface area contributed by atoms with E-state index in [-0.39, 0.29) is 24.5 Å². The number of nitrogens with one attached hydrogen (secondary N) is 1. The fourth-order valence-corrected chi connectivity index (χ4v) is 1.90. The molecule has 18 heavy (non-hydrogen) atoms. The Balaban J connectivity index is 2.28. The number of carbonyl (C=O) groups is 3. The van der Waals surface area contributed by atoms with E-state index in [4.69, 9.17) is 5.73 Å². The number of nitrogens with two attached hydrogens (primary N) is 1. The third-order valence-corrected chi connectivity index (χ3v) is 2.78. The molecule has 1 aliphatic rings. The highest BCUT2D eigenvalue weighted by atomic mass is 79.9. The first-order valence-electron chi connectivity index (χ1n) is 5.00. The maximum Gasteiger partial charge on any atom is 0.258 e. The predicted octanol–water partition coefficient (Wildman–Crippen LogP) is -0.475. The van der Waals surface area contributed by atoms with Crippen LogP contribution in [-0.4, -0.2) is 40.7 Å². The molecule has 7 nitrogen and oxygen atoms in total. The highest BCUT2D eigenvalue weighted by molar-refractivity contribution is 9.10. The lowest BCUT2D eigenvalue weighted by Crippen LogP contribution is -2.53. The number of imide groups is 1. The second-order valence-corrected chi connectivity index (χ2v) is 4.63. The standard InChI is InChI=1S/C10H9BrN4O3/c11-5-1-6(9(12)13-2-5)10(18)15-3-7(16)14-8(17)4-15/h1-2H,3-4H2,(H2,12,13)(H,14,16,17). The zero-order chi connectivity index (χ0) is 13.3. The van der Waals surface area contributed by atoms with Crippen molar-refractivity contribution in [2.75, 3.05) is 18.8 Å². The van der Waals surface area contributed by atoms with Crippen molar-refractivity contribution < 1.29 is 14.4 Å². The van der Waals surface area contributed by atoms with Gasteiger partial charge in [0.05, 0.1) is 5.56 Å². The molecule has 0 unspecified atom stereocenters. The largest absolute Gasteiger partial charge is 0.383 e. The van der Waals surface area contributed by atoms with E-state index in [1.54, 1.807) is 0 Å². The number of halogens is 1. The van der Waals surface area contributed by atoms with Crippen LogP contribution in [0.25, 0.3) is 0 Å². The molecule has 0 radical (unpaired) electrons. The molecule has 1 aromatic rings. The van der Waals surface area contributed by atoms with E-state index >= 15 is 0 Å². The van der Waals surface area contributed by atoms with Gasteiger partial charge in [0.15, 0.2) is 0 Å². The second kappa shape index (κ2) is 4.73. The Hall–Kier alpha value is -1.96. The monoisotopic (exact) mass is 312 g/mol. The van der Waals surface area contributed by atoms with Gasteiger partial charge in [-0.1, -0.05) is 0 Å². The van der Waals surface area contributed by atoms with Gasteiger partial charge in [0.2, 0.25) is 11.8 Å². The number of rotatable bonds is 1. The summed E-state index contributed by atoms with van der Waals surface area (Å²) >= 11 is 3.18. The second-order valence-electron chi connectivity index (χ2n) is 3.72. The zero-order valence-electron chi connectivity index (χ0n) is 9.14. The van der Waals surface area contributed by atoms with Gasteiger partial charge < -0.3 is 10.6 Å². The van der Waals surface area contributed by atoms with Crippen LogP contribution in [0, 0.1) is 0 Å². The molecule has 8 heteroatoms. The number of nitrogens with zero attached hydrogens (tertiary/aromatic N) is 2. The first-order valence-corrected chi connectivity index (χ1v) is 5.79. The molecule has 0 atom stereocenters. The maximum atomic E-state index is 12.1. The van der Waals surface area contributed by atoms with E-state index in [2.05, 4.69) is 26.2 Å². The highest BCUT2D eigenvalue weighted by Crippen LogP contribution is 2.17. The van der Waals surface area contributed by atoms with Crippen LogP contribution in [-0.2, 0) is 9.59 Å².